The minimum atomic E-state index is -0.428. The van der Waals surface area contributed by atoms with Crippen LogP contribution in [0, 0.1) is 5.92 Å². The van der Waals surface area contributed by atoms with Crippen molar-refractivity contribution in [2.24, 2.45) is 5.92 Å². The number of anilines is 1. The Morgan fingerprint density at radius 2 is 1.64 bits per heavy atom. The van der Waals surface area contributed by atoms with Crippen molar-refractivity contribution >= 4 is 45.0 Å². The number of nitrogens with one attached hydrogen (secondary N) is 1. The average Bonchev–Trinajstić information content (AvgIpc) is 3.42. The van der Waals surface area contributed by atoms with Crippen LogP contribution >= 0.6 is 27.5 Å². The smallest absolute Gasteiger partial charge is 0.333 e. The quantitative estimate of drug-likeness (QED) is 0.198. The van der Waals surface area contributed by atoms with E-state index in [0.29, 0.717) is 38.2 Å². The molecule has 1 fully saturated rings. The zero-order valence-corrected chi connectivity index (χ0v) is 30.2. The molecule has 2 amide bonds. The minimum Gasteiger partial charge on any atom is -0.372 e. The molecule has 0 radical (unpaired) electrons. The number of piperidine rings is 1. The Bertz CT molecular complexity index is 2110. The summed E-state index contributed by atoms with van der Waals surface area (Å²) in [5.74, 6) is 0.596. The van der Waals surface area contributed by atoms with Gasteiger partial charge in [-0.1, -0.05) is 42.8 Å². The van der Waals surface area contributed by atoms with Gasteiger partial charge in [0, 0.05) is 65.9 Å². The van der Waals surface area contributed by atoms with Gasteiger partial charge < -0.3 is 15.1 Å². The fourth-order valence-electron chi connectivity index (χ4n) is 6.83. The molecular weight excluding hydrogens is 718 g/mol. The van der Waals surface area contributed by atoms with Crippen LogP contribution in [0.2, 0.25) is 5.02 Å². The normalized spacial score (nSPS) is 16.3. The van der Waals surface area contributed by atoms with Gasteiger partial charge in [-0.3, -0.25) is 18.7 Å². The Labute approximate surface area is 303 Å². The maximum Gasteiger partial charge on any atom is 0.333 e. The standard InChI is InChI=1S/C38H37BrClN7O3/c1-24-14-18-44(19-15-24)28-9-11-29(12-10-28)47-34(36(48)43-21-27-6-3-4-7-30(27)35-41-16-5-17-42-35)33-23-45(25(2)22-46(33)38(47)50)37(49)26-8-13-31(39)32(40)20-26/h3-13,16-17,20,24-25H,14-15,18-19,21-23H2,1-2H3,(H,43,48)/t25-/m0/s1. The van der Waals surface area contributed by atoms with Gasteiger partial charge in [-0.25, -0.2) is 14.8 Å². The Morgan fingerprint density at radius 3 is 2.36 bits per heavy atom. The maximum atomic E-state index is 14.4. The molecule has 256 valence electrons. The molecule has 12 heteroatoms. The number of carbonyl (C=O) groups is 2. The van der Waals surface area contributed by atoms with Crippen LogP contribution in [0.25, 0.3) is 17.1 Å². The lowest BCUT2D eigenvalue weighted by Gasteiger charge is -2.34. The molecule has 0 saturated carbocycles. The largest absolute Gasteiger partial charge is 0.372 e. The number of carbonyl (C=O) groups excluding carboxylic acids is 2. The third kappa shape index (κ3) is 6.59. The van der Waals surface area contributed by atoms with Crippen molar-refractivity contribution in [3.05, 3.63) is 128 Å². The number of hydrogen-bond donors (Lipinski definition) is 1. The molecule has 3 aromatic carbocycles. The zero-order chi connectivity index (χ0) is 34.9. The third-order valence-corrected chi connectivity index (χ3v) is 10.9. The molecule has 1 saturated heterocycles. The highest BCUT2D eigenvalue weighted by Gasteiger charge is 2.35. The summed E-state index contributed by atoms with van der Waals surface area (Å²) in [5, 5.41) is 3.49. The van der Waals surface area contributed by atoms with E-state index in [-0.39, 0.29) is 43.0 Å². The number of aromatic nitrogens is 4. The lowest BCUT2D eigenvalue weighted by molar-refractivity contribution is 0.0610. The molecular formula is C38H37BrClN7O3. The first-order chi connectivity index (χ1) is 24.2. The van der Waals surface area contributed by atoms with Crippen LogP contribution in [0.15, 0.2) is 94.5 Å². The van der Waals surface area contributed by atoms with Crippen LogP contribution in [0.5, 0.6) is 0 Å². The fourth-order valence-corrected chi connectivity index (χ4v) is 7.25. The van der Waals surface area contributed by atoms with Crippen molar-refractivity contribution in [1.82, 2.24) is 29.3 Å². The Kier molecular flexibility index (Phi) is 9.61. The number of fused-ring (bicyclic) bond motifs is 1. The monoisotopic (exact) mass is 753 g/mol. The fraction of sp³-hybridized carbons (Fsp3) is 0.289. The van der Waals surface area contributed by atoms with Gasteiger partial charge in [-0.15, -0.1) is 0 Å². The van der Waals surface area contributed by atoms with E-state index in [1.807, 2.05) is 55.5 Å². The summed E-state index contributed by atoms with van der Waals surface area (Å²) in [7, 11) is 0. The summed E-state index contributed by atoms with van der Waals surface area (Å²) in [6.45, 7) is 6.63. The van der Waals surface area contributed by atoms with Crippen molar-refractivity contribution < 1.29 is 9.59 Å². The van der Waals surface area contributed by atoms with Crippen LogP contribution in [0.1, 0.15) is 58.8 Å². The second kappa shape index (κ2) is 14.2. The summed E-state index contributed by atoms with van der Waals surface area (Å²) < 4.78 is 3.80. The van der Waals surface area contributed by atoms with Crippen molar-refractivity contribution in [1.29, 1.82) is 0 Å². The molecule has 5 aromatic rings. The zero-order valence-electron chi connectivity index (χ0n) is 27.9. The molecule has 2 aliphatic rings. The molecule has 0 spiro atoms. The van der Waals surface area contributed by atoms with Gasteiger partial charge in [0.2, 0.25) is 0 Å². The molecule has 10 nitrogen and oxygen atoms in total. The summed E-state index contributed by atoms with van der Waals surface area (Å²) >= 11 is 9.74. The highest BCUT2D eigenvalue weighted by Crippen LogP contribution is 2.29. The molecule has 1 atom stereocenters. The number of rotatable bonds is 7. The molecule has 1 N–H and O–H groups in total. The van der Waals surface area contributed by atoms with E-state index in [4.69, 9.17) is 11.6 Å². The van der Waals surface area contributed by atoms with Gasteiger partial charge in [0.15, 0.2) is 5.82 Å². The molecule has 50 heavy (non-hydrogen) atoms. The van der Waals surface area contributed by atoms with Crippen molar-refractivity contribution in [3.8, 4) is 17.1 Å². The maximum absolute atomic E-state index is 14.4. The lowest BCUT2D eigenvalue weighted by Crippen LogP contribution is -2.47. The van der Waals surface area contributed by atoms with E-state index in [1.165, 1.54) is 4.57 Å². The van der Waals surface area contributed by atoms with Crippen molar-refractivity contribution in [2.75, 3.05) is 18.0 Å². The first kappa shape index (κ1) is 33.7. The van der Waals surface area contributed by atoms with Crippen molar-refractivity contribution in [2.45, 2.75) is 52.4 Å². The Balaban J connectivity index is 1.26. The third-order valence-electron chi connectivity index (χ3n) is 9.71. The van der Waals surface area contributed by atoms with Crippen LogP contribution < -0.4 is 15.9 Å². The molecule has 0 aliphatic carbocycles. The molecule has 0 bridgehead atoms. The topological polar surface area (TPSA) is 105 Å². The summed E-state index contributed by atoms with van der Waals surface area (Å²) in [6.07, 6.45) is 5.63. The van der Waals surface area contributed by atoms with Gasteiger partial charge in [-0.05, 0) is 95.7 Å². The number of benzene rings is 3. The van der Waals surface area contributed by atoms with E-state index in [1.54, 1.807) is 46.1 Å². The number of amides is 2. The van der Waals surface area contributed by atoms with E-state index in [2.05, 4.69) is 43.0 Å². The highest BCUT2D eigenvalue weighted by atomic mass is 79.9. The summed E-state index contributed by atoms with van der Waals surface area (Å²) in [5.41, 5.74) is 4.05. The second-order valence-corrected chi connectivity index (χ2v) is 14.3. The molecule has 2 aromatic heterocycles. The highest BCUT2D eigenvalue weighted by molar-refractivity contribution is 9.10. The van der Waals surface area contributed by atoms with E-state index in [9.17, 15) is 14.4 Å². The Morgan fingerprint density at radius 1 is 0.940 bits per heavy atom. The molecule has 4 heterocycles. The van der Waals surface area contributed by atoms with Crippen LogP contribution in [0.4, 0.5) is 5.69 Å². The Hall–Kier alpha value is -4.74. The number of imidazole rings is 1. The average molecular weight is 755 g/mol. The van der Waals surface area contributed by atoms with Crippen LogP contribution in [0.3, 0.4) is 0 Å². The van der Waals surface area contributed by atoms with Gasteiger partial charge in [0.05, 0.1) is 22.9 Å². The number of hydrogen-bond acceptors (Lipinski definition) is 6. The number of halogens is 2. The molecule has 0 unspecified atom stereocenters. The molecule has 7 rings (SSSR count). The van der Waals surface area contributed by atoms with E-state index < -0.39 is 5.91 Å². The first-order valence-corrected chi connectivity index (χ1v) is 18.0. The van der Waals surface area contributed by atoms with Gasteiger partial charge in [0.1, 0.15) is 5.69 Å². The SMILES string of the molecule is CC1CCN(c2ccc(-n3c(C(=O)NCc4ccccc4-c4ncccn4)c4n(c3=O)C[C@H](C)N(C(=O)c3ccc(Br)c(Cl)c3)C4)cc2)CC1. The predicted molar refractivity (Wildman–Crippen MR) is 198 cm³/mol. The summed E-state index contributed by atoms with van der Waals surface area (Å²) in [6, 6.07) is 22.0. The van der Waals surface area contributed by atoms with E-state index in [0.717, 1.165) is 42.7 Å². The first-order valence-electron chi connectivity index (χ1n) is 16.8. The summed E-state index contributed by atoms with van der Waals surface area (Å²) in [4.78, 5) is 55.3. The van der Waals surface area contributed by atoms with Gasteiger partial charge in [0.25, 0.3) is 11.8 Å². The van der Waals surface area contributed by atoms with Crippen LogP contribution in [-0.2, 0) is 19.6 Å². The minimum absolute atomic E-state index is 0.0666. The van der Waals surface area contributed by atoms with Gasteiger partial charge >= 0.3 is 5.69 Å². The van der Waals surface area contributed by atoms with Gasteiger partial charge in [-0.2, -0.15) is 0 Å². The predicted octanol–water partition coefficient (Wildman–Crippen LogP) is 6.72. The number of nitrogens with zero attached hydrogens (tertiary/aromatic N) is 6. The van der Waals surface area contributed by atoms with E-state index >= 15 is 0 Å². The molecule has 2 aliphatic heterocycles. The van der Waals surface area contributed by atoms with Crippen molar-refractivity contribution in [3.63, 3.8) is 0 Å². The second-order valence-electron chi connectivity index (χ2n) is 13.0. The van der Waals surface area contributed by atoms with Crippen LogP contribution in [-0.4, -0.2) is 54.9 Å². The lowest BCUT2D eigenvalue weighted by atomic mass is 9.99.